The van der Waals surface area contributed by atoms with Gasteiger partial charge in [0.25, 0.3) is 0 Å². The fraction of sp³-hybridized carbons (Fsp3) is 1.00. The molecule has 0 bridgehead atoms. The first-order chi connectivity index (χ1) is 7.03. The lowest BCUT2D eigenvalue weighted by Gasteiger charge is -2.20. The fourth-order valence-corrected chi connectivity index (χ4v) is 2.88. The minimum atomic E-state index is -4.13. The standard InChI is InChI=1S/C10H17F3OS/c11-10(12,13)15-6-5-9(7-14)8-3-1-2-4-8/h8-9,14H,1-7H2. The van der Waals surface area contributed by atoms with Gasteiger partial charge in [0.1, 0.15) is 0 Å². The summed E-state index contributed by atoms with van der Waals surface area (Å²) < 4.78 is 35.7. The van der Waals surface area contributed by atoms with Crippen LogP contribution in [0.2, 0.25) is 0 Å². The molecule has 0 aliphatic heterocycles. The smallest absolute Gasteiger partial charge is 0.396 e. The highest BCUT2D eigenvalue weighted by atomic mass is 32.2. The van der Waals surface area contributed by atoms with E-state index in [2.05, 4.69) is 0 Å². The van der Waals surface area contributed by atoms with Gasteiger partial charge in [-0.2, -0.15) is 13.2 Å². The molecule has 1 fully saturated rings. The Morgan fingerprint density at radius 1 is 1.27 bits per heavy atom. The maximum atomic E-state index is 11.9. The van der Waals surface area contributed by atoms with Crippen molar-refractivity contribution in [2.24, 2.45) is 11.8 Å². The molecule has 0 spiro atoms. The first kappa shape index (κ1) is 13.2. The van der Waals surface area contributed by atoms with Crippen LogP contribution in [0.25, 0.3) is 0 Å². The molecule has 0 saturated heterocycles. The maximum absolute atomic E-state index is 11.9. The van der Waals surface area contributed by atoms with E-state index in [9.17, 15) is 13.2 Å². The van der Waals surface area contributed by atoms with Crippen LogP contribution in [0, 0.1) is 11.8 Å². The van der Waals surface area contributed by atoms with Crippen LogP contribution in [-0.2, 0) is 0 Å². The van der Waals surface area contributed by atoms with Gasteiger partial charge in [-0.05, 0) is 18.3 Å². The Morgan fingerprint density at radius 3 is 2.33 bits per heavy atom. The Morgan fingerprint density at radius 2 is 1.87 bits per heavy atom. The third-order valence-corrected chi connectivity index (χ3v) is 3.82. The van der Waals surface area contributed by atoms with E-state index in [1.165, 1.54) is 0 Å². The van der Waals surface area contributed by atoms with Crippen molar-refractivity contribution in [1.82, 2.24) is 0 Å². The van der Waals surface area contributed by atoms with Gasteiger partial charge in [-0.3, -0.25) is 0 Å². The third kappa shape index (κ3) is 5.11. The van der Waals surface area contributed by atoms with E-state index in [0.717, 1.165) is 25.7 Å². The lowest BCUT2D eigenvalue weighted by molar-refractivity contribution is -0.0329. The molecule has 1 aliphatic carbocycles. The molecule has 1 rings (SSSR count). The minimum Gasteiger partial charge on any atom is -0.396 e. The van der Waals surface area contributed by atoms with Crippen molar-refractivity contribution >= 4 is 11.8 Å². The van der Waals surface area contributed by atoms with Gasteiger partial charge in [0, 0.05) is 12.4 Å². The molecular formula is C10H17F3OS. The van der Waals surface area contributed by atoms with Gasteiger partial charge >= 0.3 is 5.51 Å². The lowest BCUT2D eigenvalue weighted by Crippen LogP contribution is -2.17. The van der Waals surface area contributed by atoms with Gasteiger partial charge in [0.05, 0.1) is 0 Å². The van der Waals surface area contributed by atoms with Crippen LogP contribution >= 0.6 is 11.8 Å². The molecule has 0 radical (unpaired) electrons. The summed E-state index contributed by atoms with van der Waals surface area (Å²) >= 11 is 0.0249. The number of thioether (sulfide) groups is 1. The molecule has 0 aromatic carbocycles. The number of aliphatic hydroxyl groups is 1. The van der Waals surface area contributed by atoms with Crippen molar-refractivity contribution < 1.29 is 18.3 Å². The summed E-state index contributed by atoms with van der Waals surface area (Å²) in [6, 6.07) is 0. The van der Waals surface area contributed by atoms with Crippen molar-refractivity contribution in [1.29, 1.82) is 0 Å². The predicted molar refractivity (Wildman–Crippen MR) is 55.7 cm³/mol. The number of hydrogen-bond acceptors (Lipinski definition) is 2. The highest BCUT2D eigenvalue weighted by Gasteiger charge is 2.30. The highest BCUT2D eigenvalue weighted by Crippen LogP contribution is 2.36. The molecule has 0 aromatic rings. The number of aliphatic hydroxyl groups excluding tert-OH is 1. The van der Waals surface area contributed by atoms with Crippen LogP contribution in [0.5, 0.6) is 0 Å². The molecule has 1 nitrogen and oxygen atoms in total. The summed E-state index contributed by atoms with van der Waals surface area (Å²) in [4.78, 5) is 0. The highest BCUT2D eigenvalue weighted by molar-refractivity contribution is 8.00. The normalized spacial score (nSPS) is 20.8. The van der Waals surface area contributed by atoms with E-state index < -0.39 is 5.51 Å². The molecule has 1 saturated carbocycles. The number of halogens is 3. The molecule has 1 N–H and O–H groups in total. The van der Waals surface area contributed by atoms with Crippen LogP contribution in [0.3, 0.4) is 0 Å². The second-order valence-electron chi connectivity index (χ2n) is 4.07. The first-order valence-electron chi connectivity index (χ1n) is 5.34. The van der Waals surface area contributed by atoms with Crippen LogP contribution in [0.1, 0.15) is 32.1 Å². The molecule has 0 amide bonds. The molecule has 5 heteroatoms. The molecule has 90 valence electrons. The van der Waals surface area contributed by atoms with E-state index in [-0.39, 0.29) is 30.0 Å². The zero-order valence-electron chi connectivity index (χ0n) is 8.59. The predicted octanol–water partition coefficient (Wildman–Crippen LogP) is 3.43. The Kier molecular flexibility index (Phi) is 5.26. The first-order valence-corrected chi connectivity index (χ1v) is 6.33. The molecular weight excluding hydrogens is 225 g/mol. The van der Waals surface area contributed by atoms with Gasteiger partial charge in [-0.15, -0.1) is 0 Å². The lowest BCUT2D eigenvalue weighted by atomic mass is 9.89. The molecule has 1 atom stereocenters. The van der Waals surface area contributed by atoms with Gasteiger partial charge in [-0.25, -0.2) is 0 Å². The second kappa shape index (κ2) is 5.99. The molecule has 1 aliphatic rings. The summed E-state index contributed by atoms with van der Waals surface area (Å²) in [7, 11) is 0. The number of alkyl halides is 3. The van der Waals surface area contributed by atoms with Gasteiger partial charge < -0.3 is 5.11 Å². The summed E-state index contributed by atoms with van der Waals surface area (Å²) in [6.07, 6.45) is 4.94. The van der Waals surface area contributed by atoms with Crippen LogP contribution in [0.4, 0.5) is 13.2 Å². The quantitative estimate of drug-likeness (QED) is 0.797. The van der Waals surface area contributed by atoms with Crippen molar-refractivity contribution in [3.05, 3.63) is 0 Å². The van der Waals surface area contributed by atoms with Gasteiger partial charge in [-0.1, -0.05) is 37.4 Å². The van der Waals surface area contributed by atoms with E-state index in [1.54, 1.807) is 0 Å². The van der Waals surface area contributed by atoms with E-state index in [0.29, 0.717) is 12.3 Å². The van der Waals surface area contributed by atoms with E-state index in [1.807, 2.05) is 0 Å². The monoisotopic (exact) mass is 242 g/mol. The van der Waals surface area contributed by atoms with Crippen LogP contribution in [0.15, 0.2) is 0 Å². The molecule has 0 heterocycles. The Balaban J connectivity index is 2.21. The summed E-state index contributed by atoms with van der Waals surface area (Å²) in [5.74, 6) is 0.594. The molecule has 0 aromatic heterocycles. The minimum absolute atomic E-state index is 0.0249. The van der Waals surface area contributed by atoms with Crippen molar-refractivity contribution in [3.63, 3.8) is 0 Å². The van der Waals surface area contributed by atoms with Gasteiger partial charge in [0.15, 0.2) is 0 Å². The Hall–Kier alpha value is 0.100. The number of rotatable bonds is 5. The number of hydrogen-bond donors (Lipinski definition) is 1. The Bertz CT molecular complexity index is 178. The third-order valence-electron chi connectivity index (χ3n) is 3.06. The van der Waals surface area contributed by atoms with Crippen molar-refractivity contribution in [2.45, 2.75) is 37.6 Å². The molecule has 15 heavy (non-hydrogen) atoms. The largest absolute Gasteiger partial charge is 0.441 e. The van der Waals surface area contributed by atoms with Crippen molar-refractivity contribution in [3.8, 4) is 0 Å². The van der Waals surface area contributed by atoms with E-state index in [4.69, 9.17) is 5.11 Å². The summed E-state index contributed by atoms with van der Waals surface area (Å²) in [6.45, 7) is 0.0308. The van der Waals surface area contributed by atoms with Crippen LogP contribution < -0.4 is 0 Å². The van der Waals surface area contributed by atoms with Crippen molar-refractivity contribution in [2.75, 3.05) is 12.4 Å². The SMILES string of the molecule is OCC(CCSC(F)(F)F)C1CCCC1. The topological polar surface area (TPSA) is 20.2 Å². The summed E-state index contributed by atoms with van der Waals surface area (Å²) in [5, 5.41) is 9.13. The van der Waals surface area contributed by atoms with Gasteiger partial charge in [0.2, 0.25) is 0 Å². The zero-order valence-corrected chi connectivity index (χ0v) is 9.41. The maximum Gasteiger partial charge on any atom is 0.441 e. The average molecular weight is 242 g/mol. The van der Waals surface area contributed by atoms with E-state index >= 15 is 0 Å². The fourth-order valence-electron chi connectivity index (χ4n) is 2.23. The second-order valence-corrected chi connectivity index (χ2v) is 5.23. The Labute approximate surface area is 92.4 Å². The average Bonchev–Trinajstić information content (AvgIpc) is 2.63. The zero-order chi connectivity index (χ0) is 11.3. The van der Waals surface area contributed by atoms with Crippen LogP contribution in [-0.4, -0.2) is 23.0 Å². The summed E-state index contributed by atoms with van der Waals surface area (Å²) in [5.41, 5.74) is -4.13. The molecule has 1 unspecified atom stereocenters.